The Morgan fingerprint density at radius 3 is 2.44 bits per heavy atom. The fourth-order valence-electron chi connectivity index (χ4n) is 4.73. The van der Waals surface area contributed by atoms with E-state index in [1.807, 2.05) is 6.07 Å². The second-order valence-electron chi connectivity index (χ2n) is 8.75. The average Bonchev–Trinajstić information content (AvgIpc) is 2.87. The second-order valence-corrected chi connectivity index (χ2v) is 8.75. The summed E-state index contributed by atoms with van der Waals surface area (Å²) in [4.78, 5) is 12.9. The molecule has 5 rings (SSSR count). The summed E-state index contributed by atoms with van der Waals surface area (Å²) in [5.74, 6) is 0.860. The van der Waals surface area contributed by atoms with Crippen LogP contribution in [-0.4, -0.2) is 37.2 Å². The van der Waals surface area contributed by atoms with Gasteiger partial charge in [0.1, 0.15) is 6.10 Å². The number of piperidine rings is 1. The van der Waals surface area contributed by atoms with E-state index in [9.17, 15) is 0 Å². The zero-order chi connectivity index (χ0) is 21.6. The maximum atomic E-state index is 6.75. The lowest BCUT2D eigenvalue weighted by atomic mass is 10.00. The van der Waals surface area contributed by atoms with Crippen LogP contribution in [0.4, 0.5) is 0 Å². The lowest BCUT2D eigenvalue weighted by Crippen LogP contribution is -2.41. The van der Waals surface area contributed by atoms with E-state index >= 15 is 0 Å². The maximum absolute atomic E-state index is 6.75. The fraction of sp³-hybridized carbons (Fsp3) is 0.357. The molecule has 0 spiro atoms. The van der Waals surface area contributed by atoms with Crippen molar-refractivity contribution >= 4 is 0 Å². The van der Waals surface area contributed by atoms with Gasteiger partial charge in [-0.3, -0.25) is 0 Å². The van der Waals surface area contributed by atoms with Gasteiger partial charge in [0, 0.05) is 25.1 Å². The van der Waals surface area contributed by atoms with Crippen LogP contribution in [0.2, 0.25) is 0 Å². The maximum Gasteiger partial charge on any atom is 0.168 e. The summed E-state index contributed by atoms with van der Waals surface area (Å²) in [6, 6.07) is 27.7. The molecule has 4 nitrogen and oxygen atoms in total. The van der Waals surface area contributed by atoms with Crippen molar-refractivity contribution in [3.63, 3.8) is 0 Å². The van der Waals surface area contributed by atoms with Gasteiger partial charge in [0.05, 0.1) is 12.7 Å². The van der Waals surface area contributed by atoms with E-state index in [-0.39, 0.29) is 12.2 Å². The average molecular weight is 430 g/mol. The molecule has 166 valence electrons. The van der Waals surface area contributed by atoms with Crippen molar-refractivity contribution in [1.29, 1.82) is 0 Å². The molecule has 1 fully saturated rings. The molecule has 3 aromatic carbocycles. The Bertz CT molecular complexity index is 953. The van der Waals surface area contributed by atoms with E-state index in [1.165, 1.54) is 28.7 Å². The summed E-state index contributed by atoms with van der Waals surface area (Å²) >= 11 is 0. The van der Waals surface area contributed by atoms with Gasteiger partial charge in [-0.15, -0.1) is 0 Å². The number of hydrogen-bond donors (Lipinski definition) is 0. The SMILES string of the molecule is c1ccc(C(OC2CCCN(CCc3ccc4c(c3)CCOO4)C2)c2ccccc2)cc1. The summed E-state index contributed by atoms with van der Waals surface area (Å²) in [6.45, 7) is 3.81. The minimum atomic E-state index is -0.0229. The molecule has 2 aliphatic heterocycles. The van der Waals surface area contributed by atoms with Crippen molar-refractivity contribution in [3.8, 4) is 5.75 Å². The number of fused-ring (bicyclic) bond motifs is 1. The van der Waals surface area contributed by atoms with Crippen molar-refractivity contribution < 1.29 is 14.5 Å². The number of benzene rings is 3. The highest BCUT2D eigenvalue weighted by Crippen LogP contribution is 2.30. The number of nitrogens with zero attached hydrogens (tertiary/aromatic N) is 1. The van der Waals surface area contributed by atoms with Crippen LogP contribution in [0.3, 0.4) is 0 Å². The predicted molar refractivity (Wildman–Crippen MR) is 126 cm³/mol. The van der Waals surface area contributed by atoms with Crippen molar-refractivity contribution in [2.75, 3.05) is 26.2 Å². The minimum Gasteiger partial charge on any atom is -0.364 e. The highest BCUT2D eigenvalue weighted by Gasteiger charge is 2.25. The van der Waals surface area contributed by atoms with Crippen molar-refractivity contribution in [1.82, 2.24) is 4.90 Å². The predicted octanol–water partition coefficient (Wildman–Crippen LogP) is 5.37. The molecule has 0 saturated carbocycles. The lowest BCUT2D eigenvalue weighted by molar-refractivity contribution is -0.215. The summed E-state index contributed by atoms with van der Waals surface area (Å²) in [5.41, 5.74) is 5.05. The van der Waals surface area contributed by atoms with E-state index < -0.39 is 0 Å². The number of likely N-dealkylation sites (tertiary alicyclic amines) is 1. The summed E-state index contributed by atoms with van der Waals surface area (Å²) in [7, 11) is 0. The molecule has 4 heteroatoms. The summed E-state index contributed by atoms with van der Waals surface area (Å²) < 4.78 is 6.75. The Kier molecular flexibility index (Phi) is 6.83. The first-order chi connectivity index (χ1) is 15.8. The van der Waals surface area contributed by atoms with E-state index in [2.05, 4.69) is 77.7 Å². The standard InChI is InChI=1S/C28H31NO3/c1-3-8-23(9-4-1)28(24-10-5-2-6-11-24)31-26-12-7-17-29(21-26)18-15-22-13-14-27-25(20-22)16-19-30-32-27/h1-6,8-11,13-14,20,26,28H,7,12,15-19,21H2. The van der Waals surface area contributed by atoms with Gasteiger partial charge in [0.15, 0.2) is 5.75 Å². The minimum absolute atomic E-state index is 0.0229. The number of rotatable bonds is 7. The van der Waals surface area contributed by atoms with Gasteiger partial charge in [0.2, 0.25) is 0 Å². The van der Waals surface area contributed by atoms with Crippen LogP contribution in [-0.2, 0) is 22.5 Å². The lowest BCUT2D eigenvalue weighted by Gasteiger charge is -2.35. The van der Waals surface area contributed by atoms with E-state index in [0.717, 1.165) is 44.6 Å². The number of hydrogen-bond acceptors (Lipinski definition) is 4. The molecule has 32 heavy (non-hydrogen) atoms. The molecule has 1 saturated heterocycles. The van der Waals surface area contributed by atoms with E-state index in [0.29, 0.717) is 6.61 Å². The van der Waals surface area contributed by atoms with Gasteiger partial charge in [-0.05, 0) is 48.6 Å². The second kappa shape index (κ2) is 10.3. The van der Waals surface area contributed by atoms with Gasteiger partial charge >= 0.3 is 0 Å². The molecule has 0 amide bonds. The molecule has 1 atom stereocenters. The first kappa shape index (κ1) is 21.2. The molecular weight excluding hydrogens is 398 g/mol. The molecule has 0 aromatic heterocycles. The van der Waals surface area contributed by atoms with Gasteiger partial charge in [0.25, 0.3) is 0 Å². The molecule has 0 aliphatic carbocycles. The summed E-state index contributed by atoms with van der Waals surface area (Å²) in [6.07, 6.45) is 4.47. The third-order valence-electron chi connectivity index (χ3n) is 6.44. The third kappa shape index (κ3) is 5.21. The van der Waals surface area contributed by atoms with Gasteiger partial charge in [-0.2, -0.15) is 4.89 Å². The van der Waals surface area contributed by atoms with Crippen LogP contribution in [0.1, 0.15) is 41.2 Å². The quantitative estimate of drug-likeness (QED) is 0.473. The fourth-order valence-corrected chi connectivity index (χ4v) is 4.73. The monoisotopic (exact) mass is 429 g/mol. The van der Waals surface area contributed by atoms with Crippen molar-refractivity contribution in [2.45, 2.75) is 37.9 Å². The Balaban J connectivity index is 1.22. The van der Waals surface area contributed by atoms with Gasteiger partial charge < -0.3 is 14.5 Å². The topological polar surface area (TPSA) is 30.9 Å². The largest absolute Gasteiger partial charge is 0.364 e. The van der Waals surface area contributed by atoms with Crippen LogP contribution >= 0.6 is 0 Å². The van der Waals surface area contributed by atoms with E-state index in [1.54, 1.807) is 0 Å². The van der Waals surface area contributed by atoms with Crippen LogP contribution in [0.15, 0.2) is 78.9 Å². The van der Waals surface area contributed by atoms with Crippen LogP contribution < -0.4 is 4.89 Å². The van der Waals surface area contributed by atoms with Crippen LogP contribution in [0, 0.1) is 0 Å². The molecule has 0 N–H and O–H groups in total. The highest BCUT2D eigenvalue weighted by molar-refractivity contribution is 5.38. The van der Waals surface area contributed by atoms with Gasteiger partial charge in [-0.1, -0.05) is 72.8 Å². The van der Waals surface area contributed by atoms with Crippen LogP contribution in [0.5, 0.6) is 5.75 Å². The smallest absolute Gasteiger partial charge is 0.168 e. The first-order valence-corrected chi connectivity index (χ1v) is 11.7. The highest BCUT2D eigenvalue weighted by atomic mass is 17.2. The molecule has 0 bridgehead atoms. The zero-order valence-corrected chi connectivity index (χ0v) is 18.5. The summed E-state index contributed by atoms with van der Waals surface area (Å²) in [5, 5.41) is 0. The third-order valence-corrected chi connectivity index (χ3v) is 6.44. The Hall–Kier alpha value is -2.66. The normalized spacial score (nSPS) is 18.8. The molecule has 3 aromatic rings. The van der Waals surface area contributed by atoms with Crippen molar-refractivity contribution in [3.05, 3.63) is 101 Å². The van der Waals surface area contributed by atoms with Crippen molar-refractivity contribution in [2.24, 2.45) is 0 Å². The molecule has 2 heterocycles. The Morgan fingerprint density at radius 2 is 1.69 bits per heavy atom. The van der Waals surface area contributed by atoms with E-state index in [4.69, 9.17) is 14.5 Å². The number of ether oxygens (including phenoxy) is 1. The Labute approximate surface area is 190 Å². The Morgan fingerprint density at radius 1 is 0.938 bits per heavy atom. The molecular formula is C28H31NO3. The van der Waals surface area contributed by atoms with Gasteiger partial charge in [-0.25, -0.2) is 0 Å². The zero-order valence-electron chi connectivity index (χ0n) is 18.5. The molecule has 0 radical (unpaired) electrons. The molecule has 1 unspecified atom stereocenters. The van der Waals surface area contributed by atoms with Crippen LogP contribution in [0.25, 0.3) is 0 Å². The molecule has 2 aliphatic rings. The first-order valence-electron chi connectivity index (χ1n) is 11.7.